The Balaban J connectivity index is 0.00000144. The van der Waals surface area contributed by atoms with Gasteiger partial charge in [0, 0.05) is 0 Å². The van der Waals surface area contributed by atoms with Gasteiger partial charge in [-0.25, -0.2) is 0 Å². The molecule has 1 aromatic carbocycles. The summed E-state index contributed by atoms with van der Waals surface area (Å²) in [6.45, 7) is 2.52. The van der Waals surface area contributed by atoms with Crippen LogP contribution in [0, 0.1) is 0 Å². The third kappa shape index (κ3) is 4.13. The van der Waals surface area contributed by atoms with Crippen molar-refractivity contribution in [2.24, 2.45) is 0 Å². The fraction of sp³-hybridized carbons (Fsp3) is 0.286. The summed E-state index contributed by atoms with van der Waals surface area (Å²) in [5.41, 5.74) is -0.325. The molecule has 4 heteroatoms. The summed E-state index contributed by atoms with van der Waals surface area (Å²) in [4.78, 5) is 0. The Morgan fingerprint density at radius 2 is 1.67 bits per heavy atom. The number of benzene rings is 1. The van der Waals surface area contributed by atoms with Crippen LogP contribution in [0.1, 0.15) is 6.42 Å². The SMILES string of the molecule is Br.Br.C[Si](c1ccccc1)=[Zr]([CH3])([CH3])[C]1=CC=CC1. The first-order chi connectivity index (χ1) is 7.62. The molecule has 0 N–H and O–H groups in total. The van der Waals surface area contributed by atoms with E-state index < -0.39 is 18.9 Å². The molecule has 1 aromatic rings. The van der Waals surface area contributed by atoms with E-state index in [1.54, 1.807) is 8.47 Å². The van der Waals surface area contributed by atoms with E-state index in [4.69, 9.17) is 0 Å². The van der Waals surface area contributed by atoms with Crippen LogP contribution in [0.4, 0.5) is 0 Å². The Morgan fingerprint density at radius 1 is 1.06 bits per heavy atom. The van der Waals surface area contributed by atoms with Crippen LogP contribution in [0.5, 0.6) is 0 Å². The van der Waals surface area contributed by atoms with Gasteiger partial charge in [-0.15, -0.1) is 34.0 Å². The molecule has 0 unspecified atom stereocenters. The molecule has 1 aliphatic rings. The summed E-state index contributed by atoms with van der Waals surface area (Å²) in [6.07, 6.45) is 8.19. The molecule has 0 atom stereocenters. The average molecular weight is 468 g/mol. The fourth-order valence-electron chi connectivity index (χ4n) is 2.20. The van der Waals surface area contributed by atoms with E-state index in [1.807, 2.05) is 0 Å². The average Bonchev–Trinajstić information content (AvgIpc) is 2.83. The monoisotopic (exact) mass is 465 g/mol. The van der Waals surface area contributed by atoms with Crippen LogP contribution in [-0.2, 0) is 18.9 Å². The topological polar surface area (TPSA) is 0 Å². The summed E-state index contributed by atoms with van der Waals surface area (Å²) in [6, 6.07) is 11.2. The first-order valence-corrected chi connectivity index (χ1v) is 17.7. The van der Waals surface area contributed by atoms with Gasteiger partial charge in [0.1, 0.15) is 0 Å². The van der Waals surface area contributed by atoms with Crippen LogP contribution >= 0.6 is 34.0 Å². The summed E-state index contributed by atoms with van der Waals surface area (Å²) in [7, 11) is 0. The maximum atomic E-state index is 2.61. The second-order valence-electron chi connectivity index (χ2n) is 4.94. The van der Waals surface area contributed by atoms with Crippen molar-refractivity contribution >= 4 is 44.6 Å². The molecule has 0 heterocycles. The van der Waals surface area contributed by atoms with Crippen molar-refractivity contribution in [3.63, 3.8) is 0 Å². The zero-order chi connectivity index (χ0) is 11.6. The maximum absolute atomic E-state index is 2.61. The van der Waals surface area contributed by atoms with Gasteiger partial charge in [0.05, 0.1) is 0 Å². The predicted molar refractivity (Wildman–Crippen MR) is 91.9 cm³/mol. The van der Waals surface area contributed by atoms with Crippen LogP contribution in [0.15, 0.2) is 51.8 Å². The standard InChI is InChI=1S/C7H8Si.C5H5.2CH3.2BrH.Zr/c1-8-7-5-3-2-4-6-7;1-2-4-5-3-1;;;;;/h2-6H,1H3;1-3H,4H2;2*1H3;2*1H;. The van der Waals surface area contributed by atoms with Gasteiger partial charge in [0.15, 0.2) is 0 Å². The van der Waals surface area contributed by atoms with E-state index in [0.717, 1.165) is 0 Å². The Morgan fingerprint density at radius 3 is 2.17 bits per heavy atom. The van der Waals surface area contributed by atoms with Crippen molar-refractivity contribution in [1.82, 2.24) is 0 Å². The molecule has 0 bridgehead atoms. The van der Waals surface area contributed by atoms with Gasteiger partial charge in [0.2, 0.25) is 0 Å². The van der Waals surface area contributed by atoms with E-state index in [2.05, 4.69) is 64.4 Å². The van der Waals surface area contributed by atoms with Crippen LogP contribution in [0.25, 0.3) is 0 Å². The quantitative estimate of drug-likeness (QED) is 0.549. The van der Waals surface area contributed by atoms with Gasteiger partial charge < -0.3 is 0 Å². The van der Waals surface area contributed by atoms with E-state index in [1.165, 1.54) is 6.42 Å². The van der Waals surface area contributed by atoms with Crippen LogP contribution in [0.3, 0.4) is 0 Å². The van der Waals surface area contributed by atoms with Crippen molar-refractivity contribution in [2.45, 2.75) is 22.2 Å². The second kappa shape index (κ2) is 8.14. The van der Waals surface area contributed by atoms with E-state index >= 15 is 0 Å². The van der Waals surface area contributed by atoms with Gasteiger partial charge in [0.25, 0.3) is 0 Å². The number of allylic oxidation sites excluding steroid dienone is 4. The van der Waals surface area contributed by atoms with Gasteiger partial charge >= 0.3 is 104 Å². The molecule has 0 nitrogen and oxygen atoms in total. The first-order valence-electron chi connectivity index (χ1n) is 5.88. The molecule has 0 aliphatic heterocycles. The zero-order valence-corrected chi connectivity index (χ0v) is 18.0. The summed E-state index contributed by atoms with van der Waals surface area (Å²) in [5, 5.41) is 1.63. The molecule has 18 heavy (non-hydrogen) atoms. The number of hydrogen-bond acceptors (Lipinski definition) is 0. The molecule has 99 valence electrons. The van der Waals surface area contributed by atoms with Crippen molar-refractivity contribution in [1.29, 1.82) is 0 Å². The minimum absolute atomic E-state index is 0. The van der Waals surface area contributed by atoms with E-state index in [-0.39, 0.29) is 39.4 Å². The van der Waals surface area contributed by atoms with Gasteiger partial charge in [-0.05, 0) is 0 Å². The van der Waals surface area contributed by atoms with E-state index in [9.17, 15) is 0 Å². The molecule has 0 amide bonds. The van der Waals surface area contributed by atoms with Crippen molar-refractivity contribution in [2.75, 3.05) is 0 Å². The van der Waals surface area contributed by atoms with Crippen LogP contribution < -0.4 is 5.19 Å². The first kappa shape index (κ1) is 18.8. The summed E-state index contributed by atoms with van der Waals surface area (Å²) < 4.78 is 7.01. The normalized spacial score (nSPS) is 13.4. The molecule has 0 spiro atoms. The molecule has 2 rings (SSSR count). The number of halogens is 2. The van der Waals surface area contributed by atoms with Crippen molar-refractivity contribution in [3.05, 3.63) is 51.8 Å². The van der Waals surface area contributed by atoms with Gasteiger partial charge in [-0.3, -0.25) is 0 Å². The Labute approximate surface area is 136 Å². The van der Waals surface area contributed by atoms with Crippen molar-refractivity contribution < 1.29 is 18.9 Å². The summed E-state index contributed by atoms with van der Waals surface area (Å²) >= 11 is -2.01. The Kier molecular flexibility index (Phi) is 8.48. The molecular formula is C14H21Br2SiZr. The third-order valence-electron chi connectivity index (χ3n) is 3.72. The molecule has 1 aliphatic carbocycles. The molecule has 0 radical (unpaired) electrons. The molecule has 0 aromatic heterocycles. The second-order valence-corrected chi connectivity index (χ2v) is 29.3. The van der Waals surface area contributed by atoms with Gasteiger partial charge in [-0.1, -0.05) is 0 Å². The minimum atomic E-state index is -2.01. The molecule has 0 fully saturated rings. The number of hydrogen-bond donors (Lipinski definition) is 0. The fourth-order valence-corrected chi connectivity index (χ4v) is 18.1. The Hall–Kier alpha value is 0.760. The van der Waals surface area contributed by atoms with Gasteiger partial charge in [-0.2, -0.15) is 0 Å². The predicted octanol–water partition coefficient (Wildman–Crippen LogP) is 4.76. The van der Waals surface area contributed by atoms with Crippen LogP contribution in [0.2, 0.25) is 15.8 Å². The van der Waals surface area contributed by atoms with Crippen molar-refractivity contribution in [3.8, 4) is 0 Å². The zero-order valence-electron chi connectivity index (χ0n) is 11.1. The van der Waals surface area contributed by atoms with E-state index in [0.29, 0.717) is 0 Å². The molecule has 0 saturated carbocycles. The molecular weight excluding hydrogens is 447 g/mol. The third-order valence-corrected chi connectivity index (χ3v) is 29.5. The van der Waals surface area contributed by atoms with Crippen LogP contribution in [-0.4, -0.2) is 5.43 Å². The Bertz CT molecular complexity index is 498. The molecule has 0 saturated heterocycles. The summed E-state index contributed by atoms with van der Waals surface area (Å²) in [5.74, 6) is 0. The number of rotatable bonds is 2.